The highest BCUT2D eigenvalue weighted by atomic mass is 35.5. The first-order valence-electron chi connectivity index (χ1n) is 12.6. The number of aryl methyl sites for hydroxylation is 1. The molecule has 0 aliphatic heterocycles. The molecule has 0 saturated carbocycles. The summed E-state index contributed by atoms with van der Waals surface area (Å²) < 4.78 is 0. The van der Waals surface area contributed by atoms with Gasteiger partial charge in [0.1, 0.15) is 22.4 Å². The van der Waals surface area contributed by atoms with Gasteiger partial charge in [0.05, 0.1) is 11.6 Å². The van der Waals surface area contributed by atoms with Crippen molar-refractivity contribution >= 4 is 28.5 Å². The molecule has 1 unspecified atom stereocenters. The molecule has 5 rings (SSSR count). The van der Waals surface area contributed by atoms with E-state index in [9.17, 15) is 14.7 Å². The van der Waals surface area contributed by atoms with Crippen molar-refractivity contribution in [2.24, 2.45) is 0 Å². The molecule has 2 amide bonds. The van der Waals surface area contributed by atoms with E-state index in [0.29, 0.717) is 46.1 Å². The first-order valence-corrected chi connectivity index (χ1v) is 13.0. The highest BCUT2D eigenvalue weighted by Crippen LogP contribution is 2.32. The lowest BCUT2D eigenvalue weighted by molar-refractivity contribution is 0.236. The molecule has 0 saturated heterocycles. The Balaban J connectivity index is 1.37. The third-order valence-electron chi connectivity index (χ3n) is 6.47. The molecule has 0 spiro atoms. The molecule has 0 bridgehead atoms. The third-order valence-corrected chi connectivity index (χ3v) is 6.75. The number of benzene rings is 3. The van der Waals surface area contributed by atoms with Crippen molar-refractivity contribution in [3.8, 4) is 17.0 Å². The molecule has 0 fully saturated rings. The van der Waals surface area contributed by atoms with E-state index >= 15 is 0 Å². The van der Waals surface area contributed by atoms with Crippen LogP contribution in [0, 0.1) is 6.92 Å². The zero-order chi connectivity index (χ0) is 27.4. The second-order valence-corrected chi connectivity index (χ2v) is 9.82. The molecule has 5 aromatic rings. The molecule has 0 radical (unpaired) electrons. The van der Waals surface area contributed by atoms with Gasteiger partial charge in [0.2, 0.25) is 0 Å². The largest absolute Gasteiger partial charge is 0.507 e. The third kappa shape index (κ3) is 6.30. The van der Waals surface area contributed by atoms with Gasteiger partial charge in [0.25, 0.3) is 5.56 Å². The Morgan fingerprint density at radius 1 is 1.00 bits per heavy atom. The van der Waals surface area contributed by atoms with Crippen LogP contribution in [0.15, 0.2) is 83.7 Å². The number of carbonyl (C=O) groups is 1. The molecular weight excluding hydrogens is 514 g/mol. The minimum Gasteiger partial charge on any atom is -0.507 e. The summed E-state index contributed by atoms with van der Waals surface area (Å²) in [6, 6.07) is 23.5. The molecule has 2 heterocycles. The zero-order valence-electron chi connectivity index (χ0n) is 21.3. The molecule has 3 aromatic carbocycles. The van der Waals surface area contributed by atoms with Crippen molar-refractivity contribution in [2.45, 2.75) is 25.8 Å². The highest BCUT2D eigenvalue weighted by molar-refractivity contribution is 6.32. The second kappa shape index (κ2) is 11.4. The van der Waals surface area contributed by atoms with E-state index in [1.807, 2.05) is 55.5 Å². The van der Waals surface area contributed by atoms with Crippen molar-refractivity contribution in [1.29, 1.82) is 0 Å². The average Bonchev–Trinajstić information content (AvgIpc) is 3.30. The van der Waals surface area contributed by atoms with Crippen LogP contribution in [0.25, 0.3) is 22.2 Å². The Kier molecular flexibility index (Phi) is 7.65. The molecule has 39 heavy (non-hydrogen) atoms. The predicted octanol–water partition coefficient (Wildman–Crippen LogP) is 5.41. The van der Waals surface area contributed by atoms with Crippen LogP contribution < -0.4 is 16.2 Å². The molecule has 8 nitrogen and oxygen atoms in total. The van der Waals surface area contributed by atoms with Gasteiger partial charge in [0, 0.05) is 23.6 Å². The summed E-state index contributed by atoms with van der Waals surface area (Å²) in [6.07, 6.45) is 1.21. The summed E-state index contributed by atoms with van der Waals surface area (Å²) in [5.74, 6) is 0.368. The number of nitrogens with zero attached hydrogens (tertiary/aromatic N) is 1. The van der Waals surface area contributed by atoms with Crippen molar-refractivity contribution in [3.63, 3.8) is 0 Å². The van der Waals surface area contributed by atoms with E-state index < -0.39 is 6.04 Å². The monoisotopic (exact) mass is 541 g/mol. The molecule has 9 heteroatoms. The second-order valence-electron chi connectivity index (χ2n) is 9.45. The molecule has 2 aromatic heterocycles. The number of hydrogen-bond acceptors (Lipinski definition) is 4. The van der Waals surface area contributed by atoms with Gasteiger partial charge in [-0.3, -0.25) is 4.79 Å². The first-order chi connectivity index (χ1) is 18.9. The maximum Gasteiger partial charge on any atom is 0.315 e. The Bertz CT molecular complexity index is 1680. The van der Waals surface area contributed by atoms with Gasteiger partial charge in [-0.15, -0.1) is 0 Å². The number of H-pyrrole nitrogens is 2. The van der Waals surface area contributed by atoms with Gasteiger partial charge < -0.3 is 25.7 Å². The lowest BCUT2D eigenvalue weighted by Crippen LogP contribution is -2.40. The number of aromatic nitrogens is 3. The molecule has 5 N–H and O–H groups in total. The van der Waals surface area contributed by atoms with E-state index in [1.165, 1.54) is 5.56 Å². The van der Waals surface area contributed by atoms with E-state index in [1.54, 1.807) is 18.2 Å². The molecule has 0 aliphatic rings. The summed E-state index contributed by atoms with van der Waals surface area (Å²) in [5, 5.41) is 17.0. The van der Waals surface area contributed by atoms with Crippen LogP contribution in [-0.4, -0.2) is 32.6 Å². The van der Waals surface area contributed by atoms with E-state index in [4.69, 9.17) is 16.6 Å². The first kappa shape index (κ1) is 26.1. The van der Waals surface area contributed by atoms with Crippen molar-refractivity contribution < 1.29 is 9.90 Å². The summed E-state index contributed by atoms with van der Waals surface area (Å²) in [6.45, 7) is 2.53. The van der Waals surface area contributed by atoms with E-state index in [-0.39, 0.29) is 17.3 Å². The standard InChI is InChI=1S/C30H28ClN5O3/c1-18-6-5-9-20(14-18)12-13-32-30(39)34-24(15-19-7-3-2-4-8-19)29-35-27(28(31)36-29)21-10-11-23-22(16-21)25(37)17-26(38)33-23/h2-11,14,16-17,24H,12-13,15H2,1H3,(H,35,36)(H2,32,34,39)(H2,33,37,38). The number of aromatic hydroxyl groups is 1. The number of hydrogen-bond donors (Lipinski definition) is 5. The van der Waals surface area contributed by atoms with Crippen LogP contribution >= 0.6 is 11.6 Å². The number of pyridine rings is 1. The Labute approximate surface area is 230 Å². The van der Waals surface area contributed by atoms with Crippen LogP contribution in [0.3, 0.4) is 0 Å². The summed E-state index contributed by atoms with van der Waals surface area (Å²) >= 11 is 6.58. The maximum atomic E-state index is 12.9. The number of urea groups is 1. The topological polar surface area (TPSA) is 123 Å². The van der Waals surface area contributed by atoms with Crippen molar-refractivity contribution in [2.75, 3.05) is 6.54 Å². The van der Waals surface area contributed by atoms with Crippen molar-refractivity contribution in [1.82, 2.24) is 25.6 Å². The average molecular weight is 542 g/mol. The number of nitrogens with one attached hydrogen (secondary N) is 4. The zero-order valence-corrected chi connectivity index (χ0v) is 22.0. The molecular formula is C30H28ClN5O3. The highest BCUT2D eigenvalue weighted by Gasteiger charge is 2.22. The quantitative estimate of drug-likeness (QED) is 0.180. The fourth-order valence-electron chi connectivity index (χ4n) is 4.57. The summed E-state index contributed by atoms with van der Waals surface area (Å²) in [7, 11) is 0. The van der Waals surface area contributed by atoms with Crippen molar-refractivity contribution in [3.05, 3.63) is 117 Å². The molecule has 1 atom stereocenters. The maximum absolute atomic E-state index is 12.9. The normalized spacial score (nSPS) is 11.8. The summed E-state index contributed by atoms with van der Waals surface area (Å²) in [4.78, 5) is 35.1. The number of halogens is 1. The minimum atomic E-state index is -0.483. The van der Waals surface area contributed by atoms with Crippen LogP contribution in [0.5, 0.6) is 5.75 Å². The number of amides is 2. The number of imidazole rings is 1. The number of rotatable bonds is 8. The van der Waals surface area contributed by atoms with E-state index in [2.05, 4.69) is 26.7 Å². The summed E-state index contributed by atoms with van der Waals surface area (Å²) in [5.41, 5.74) is 4.60. The van der Waals surface area contributed by atoms with E-state index in [0.717, 1.165) is 23.6 Å². The number of fused-ring (bicyclic) bond motifs is 1. The number of carbonyl (C=O) groups excluding carboxylic acids is 1. The smallest absolute Gasteiger partial charge is 0.315 e. The van der Waals surface area contributed by atoms with Crippen LogP contribution in [0.4, 0.5) is 4.79 Å². The van der Waals surface area contributed by atoms with Gasteiger partial charge in [-0.2, -0.15) is 0 Å². The Hall–Kier alpha value is -4.56. The van der Waals surface area contributed by atoms with Gasteiger partial charge in [-0.1, -0.05) is 77.8 Å². The number of aromatic amines is 2. The molecule has 198 valence electrons. The van der Waals surface area contributed by atoms with Gasteiger partial charge in [-0.25, -0.2) is 9.78 Å². The Morgan fingerprint density at radius 3 is 2.59 bits per heavy atom. The van der Waals surface area contributed by atoms with Gasteiger partial charge in [0.15, 0.2) is 0 Å². The van der Waals surface area contributed by atoms with Gasteiger partial charge >= 0.3 is 6.03 Å². The minimum absolute atomic E-state index is 0.131. The lowest BCUT2D eigenvalue weighted by atomic mass is 10.1. The molecule has 0 aliphatic carbocycles. The SMILES string of the molecule is Cc1cccc(CCNC(=O)NC(Cc2ccccc2)c2nc(-c3ccc4[nH]c(=O)cc(O)c4c3)c(Cl)[nH]2)c1. The van der Waals surface area contributed by atoms with Crippen LogP contribution in [0.1, 0.15) is 28.6 Å². The lowest BCUT2D eigenvalue weighted by Gasteiger charge is -2.17. The fraction of sp³-hybridized carbons (Fsp3) is 0.167. The Morgan fingerprint density at radius 2 is 1.79 bits per heavy atom. The fourth-order valence-corrected chi connectivity index (χ4v) is 4.82. The van der Waals surface area contributed by atoms with Crippen LogP contribution in [-0.2, 0) is 12.8 Å². The van der Waals surface area contributed by atoms with Gasteiger partial charge in [-0.05, 0) is 43.0 Å². The van der Waals surface area contributed by atoms with Crippen LogP contribution in [0.2, 0.25) is 5.15 Å². The predicted molar refractivity (Wildman–Crippen MR) is 153 cm³/mol.